The average Bonchev–Trinajstić information content (AvgIpc) is 3.68. The van der Waals surface area contributed by atoms with E-state index in [0.717, 1.165) is 12.8 Å². The second kappa shape index (κ2) is 11.5. The lowest BCUT2D eigenvalue weighted by Gasteiger charge is -2.25. The first kappa shape index (κ1) is 27.2. The Morgan fingerprint density at radius 3 is 2.27 bits per heavy atom. The van der Waals surface area contributed by atoms with E-state index in [9.17, 15) is 4.79 Å². The highest BCUT2D eigenvalue weighted by Crippen LogP contribution is 2.45. The van der Waals surface area contributed by atoms with Gasteiger partial charge in [0.05, 0.1) is 18.2 Å². The summed E-state index contributed by atoms with van der Waals surface area (Å²) in [5.74, 6) is 1.09. The number of carbonyl (C=O) groups excluding carboxylic acids is 1. The maximum Gasteiger partial charge on any atom is 0.410 e. The molecule has 1 saturated heterocycles. The SMILES string of the molecule is CC(C)(C)O[C@@H]1C[C@@H](c2nc(CCCc3ccccc3)no2)N(C(=O)OCC2c3ccccc3-c3ccccc32)C1. The lowest BCUT2D eigenvalue weighted by atomic mass is 9.98. The number of nitrogens with zero attached hydrogens (tertiary/aromatic N) is 3. The molecule has 7 nitrogen and oxygen atoms in total. The molecule has 1 amide bonds. The molecule has 0 spiro atoms. The van der Waals surface area contributed by atoms with E-state index in [1.807, 2.05) is 39.0 Å². The summed E-state index contributed by atoms with van der Waals surface area (Å²) in [5, 5.41) is 4.24. The Morgan fingerprint density at radius 2 is 1.59 bits per heavy atom. The Bertz CT molecular complexity index is 1450. The molecule has 1 aromatic heterocycles. The molecule has 212 valence electrons. The molecule has 2 atom stereocenters. The second-order valence-electron chi connectivity index (χ2n) is 11.9. The van der Waals surface area contributed by atoms with Crippen LogP contribution in [0.25, 0.3) is 11.1 Å². The van der Waals surface area contributed by atoms with Crippen LogP contribution < -0.4 is 0 Å². The zero-order chi connectivity index (χ0) is 28.4. The van der Waals surface area contributed by atoms with Gasteiger partial charge in [0.2, 0.25) is 5.89 Å². The maximum atomic E-state index is 13.6. The number of likely N-dealkylation sites (tertiary alicyclic amines) is 1. The first-order chi connectivity index (χ1) is 19.9. The maximum absolute atomic E-state index is 13.6. The van der Waals surface area contributed by atoms with Crippen molar-refractivity contribution in [3.05, 3.63) is 107 Å². The van der Waals surface area contributed by atoms with Crippen LogP contribution >= 0.6 is 0 Å². The summed E-state index contributed by atoms with van der Waals surface area (Å²) in [5.41, 5.74) is 5.72. The molecule has 1 fully saturated rings. The molecule has 2 aliphatic rings. The van der Waals surface area contributed by atoms with Gasteiger partial charge in [-0.1, -0.05) is 84.0 Å². The van der Waals surface area contributed by atoms with Crippen molar-refractivity contribution in [2.75, 3.05) is 13.2 Å². The summed E-state index contributed by atoms with van der Waals surface area (Å²) < 4.78 is 18.0. The molecule has 7 heteroatoms. The van der Waals surface area contributed by atoms with Crippen molar-refractivity contribution in [3.8, 4) is 11.1 Å². The summed E-state index contributed by atoms with van der Waals surface area (Å²) in [7, 11) is 0. The van der Waals surface area contributed by atoms with Crippen molar-refractivity contribution in [1.29, 1.82) is 0 Å². The van der Waals surface area contributed by atoms with Gasteiger partial charge >= 0.3 is 6.09 Å². The van der Waals surface area contributed by atoms with Gasteiger partial charge < -0.3 is 14.0 Å². The summed E-state index contributed by atoms with van der Waals surface area (Å²) in [6.45, 7) is 6.74. The van der Waals surface area contributed by atoms with Crippen molar-refractivity contribution >= 4 is 6.09 Å². The summed E-state index contributed by atoms with van der Waals surface area (Å²) in [4.78, 5) is 20.0. The van der Waals surface area contributed by atoms with E-state index in [0.29, 0.717) is 31.1 Å². The molecule has 6 rings (SSSR count). The molecular formula is C34H37N3O4. The van der Waals surface area contributed by atoms with Gasteiger partial charge in [-0.05, 0) is 61.4 Å². The summed E-state index contributed by atoms with van der Waals surface area (Å²) in [6, 6.07) is 26.7. The van der Waals surface area contributed by atoms with E-state index in [-0.39, 0.29) is 30.3 Å². The Hall–Kier alpha value is -3.97. The fourth-order valence-corrected chi connectivity index (χ4v) is 6.10. The van der Waals surface area contributed by atoms with Crippen LogP contribution in [0.15, 0.2) is 83.4 Å². The summed E-state index contributed by atoms with van der Waals surface area (Å²) >= 11 is 0. The molecule has 2 heterocycles. The number of rotatable bonds is 8. The molecule has 0 radical (unpaired) electrons. The van der Waals surface area contributed by atoms with E-state index < -0.39 is 6.04 Å². The number of hydrogen-bond acceptors (Lipinski definition) is 6. The lowest BCUT2D eigenvalue weighted by molar-refractivity contribution is -0.0540. The Labute approximate surface area is 241 Å². The molecule has 4 aromatic rings. The molecule has 1 aliphatic heterocycles. The minimum absolute atomic E-state index is 0.00588. The Kier molecular flexibility index (Phi) is 7.63. The van der Waals surface area contributed by atoms with Crippen molar-refractivity contribution < 1.29 is 18.8 Å². The molecule has 41 heavy (non-hydrogen) atoms. The third-order valence-electron chi connectivity index (χ3n) is 7.83. The highest BCUT2D eigenvalue weighted by molar-refractivity contribution is 5.79. The smallest absolute Gasteiger partial charge is 0.410 e. The van der Waals surface area contributed by atoms with Crippen LogP contribution in [-0.4, -0.2) is 46.0 Å². The number of hydrogen-bond donors (Lipinski definition) is 0. The third-order valence-corrected chi connectivity index (χ3v) is 7.83. The van der Waals surface area contributed by atoms with Gasteiger partial charge in [0.25, 0.3) is 0 Å². The van der Waals surface area contributed by atoms with Gasteiger partial charge in [-0.15, -0.1) is 0 Å². The zero-order valence-corrected chi connectivity index (χ0v) is 24.0. The standard InChI is InChI=1S/C34H37N3O4/c1-34(2,3)40-24-20-30(32-35-31(36-41-32)19-11-14-23-12-5-4-6-13-23)37(21-24)33(38)39-22-29-27-17-9-7-15-25(27)26-16-8-10-18-28(26)29/h4-10,12-13,15-18,24,29-30H,11,14,19-22H2,1-3H3/t24-,30+/m1/s1. The number of benzene rings is 3. The number of carbonyl (C=O) groups is 1. The fraction of sp³-hybridized carbons (Fsp3) is 0.382. The Balaban J connectivity index is 1.15. The van der Waals surface area contributed by atoms with E-state index in [1.165, 1.54) is 27.8 Å². The lowest BCUT2D eigenvalue weighted by Crippen LogP contribution is -2.35. The first-order valence-electron chi connectivity index (χ1n) is 14.5. The number of fused-ring (bicyclic) bond motifs is 3. The van der Waals surface area contributed by atoms with Crippen LogP contribution in [-0.2, 0) is 22.3 Å². The van der Waals surface area contributed by atoms with Gasteiger partial charge in [0.1, 0.15) is 12.6 Å². The highest BCUT2D eigenvalue weighted by atomic mass is 16.6. The fourth-order valence-electron chi connectivity index (χ4n) is 6.10. The van der Waals surface area contributed by atoms with Crippen LogP contribution in [0.1, 0.15) is 74.0 Å². The predicted octanol–water partition coefficient (Wildman–Crippen LogP) is 7.12. The normalized spacial score (nSPS) is 18.4. The van der Waals surface area contributed by atoms with Crippen LogP contribution in [0.4, 0.5) is 4.79 Å². The van der Waals surface area contributed by atoms with Crippen molar-refractivity contribution in [2.24, 2.45) is 0 Å². The quantitative estimate of drug-likeness (QED) is 0.232. The van der Waals surface area contributed by atoms with Crippen molar-refractivity contribution in [2.45, 2.75) is 70.1 Å². The molecule has 0 saturated carbocycles. The van der Waals surface area contributed by atoms with E-state index in [1.54, 1.807) is 4.90 Å². The molecule has 0 unspecified atom stereocenters. The predicted molar refractivity (Wildman–Crippen MR) is 157 cm³/mol. The van der Waals surface area contributed by atoms with E-state index >= 15 is 0 Å². The van der Waals surface area contributed by atoms with Gasteiger partial charge in [0.15, 0.2) is 5.82 Å². The number of ether oxygens (including phenoxy) is 2. The molecule has 0 N–H and O–H groups in total. The van der Waals surface area contributed by atoms with Gasteiger partial charge in [0, 0.05) is 18.8 Å². The number of aryl methyl sites for hydroxylation is 2. The minimum Gasteiger partial charge on any atom is -0.448 e. The Morgan fingerprint density at radius 1 is 0.927 bits per heavy atom. The van der Waals surface area contributed by atoms with Crippen molar-refractivity contribution in [1.82, 2.24) is 15.0 Å². The van der Waals surface area contributed by atoms with Gasteiger partial charge in [-0.3, -0.25) is 4.90 Å². The number of amides is 1. The molecule has 3 aromatic carbocycles. The van der Waals surface area contributed by atoms with E-state index in [2.05, 4.69) is 65.8 Å². The van der Waals surface area contributed by atoms with Gasteiger partial charge in [-0.2, -0.15) is 4.98 Å². The van der Waals surface area contributed by atoms with Crippen LogP contribution in [0.2, 0.25) is 0 Å². The monoisotopic (exact) mass is 551 g/mol. The van der Waals surface area contributed by atoms with E-state index in [4.69, 9.17) is 19.0 Å². The molecule has 0 bridgehead atoms. The average molecular weight is 552 g/mol. The highest BCUT2D eigenvalue weighted by Gasteiger charge is 2.42. The largest absolute Gasteiger partial charge is 0.448 e. The third kappa shape index (κ3) is 6.05. The zero-order valence-electron chi connectivity index (χ0n) is 24.0. The molecule has 1 aliphatic carbocycles. The summed E-state index contributed by atoms with van der Waals surface area (Å²) in [6.07, 6.45) is 2.60. The number of aromatic nitrogens is 2. The van der Waals surface area contributed by atoms with Crippen LogP contribution in [0.3, 0.4) is 0 Å². The second-order valence-corrected chi connectivity index (χ2v) is 11.9. The van der Waals surface area contributed by atoms with Crippen LogP contribution in [0.5, 0.6) is 0 Å². The molecular weight excluding hydrogens is 514 g/mol. The van der Waals surface area contributed by atoms with Crippen LogP contribution in [0, 0.1) is 0 Å². The minimum atomic E-state index is -0.395. The van der Waals surface area contributed by atoms with Gasteiger partial charge in [-0.25, -0.2) is 4.79 Å². The van der Waals surface area contributed by atoms with Crippen molar-refractivity contribution in [3.63, 3.8) is 0 Å². The topological polar surface area (TPSA) is 77.7 Å². The first-order valence-corrected chi connectivity index (χ1v) is 14.5.